The first kappa shape index (κ1) is 20.8. The van der Waals surface area contributed by atoms with Gasteiger partial charge in [-0.25, -0.2) is 0 Å². The van der Waals surface area contributed by atoms with E-state index in [9.17, 15) is 14.7 Å². The number of ether oxygens (including phenoxy) is 2. The number of hydrogen-bond donors (Lipinski definition) is 1. The van der Waals surface area contributed by atoms with E-state index >= 15 is 0 Å². The van der Waals surface area contributed by atoms with Gasteiger partial charge in [-0.2, -0.15) is 0 Å². The van der Waals surface area contributed by atoms with Gasteiger partial charge in [-0.15, -0.1) is 0 Å². The van der Waals surface area contributed by atoms with Crippen LogP contribution in [0.15, 0.2) is 6.07 Å². The Morgan fingerprint density at radius 1 is 1.19 bits per heavy atom. The van der Waals surface area contributed by atoms with Crippen molar-refractivity contribution in [1.29, 1.82) is 0 Å². The molecule has 0 aromatic heterocycles. The first-order valence-corrected chi connectivity index (χ1v) is 6.35. The van der Waals surface area contributed by atoms with Gasteiger partial charge in [-0.3, -0.25) is 4.79 Å². The SMILES string of the molecule is NC(=O)c1c(Cl)cc(Cl)c(OCCOCC(=O)[O-])c1Cl.[Na+]. The van der Waals surface area contributed by atoms with Crippen molar-refractivity contribution in [2.45, 2.75) is 0 Å². The van der Waals surface area contributed by atoms with Crippen molar-refractivity contribution in [3.63, 3.8) is 0 Å². The molecule has 0 fully saturated rings. The molecule has 0 saturated heterocycles. The molecule has 6 nitrogen and oxygen atoms in total. The van der Waals surface area contributed by atoms with Crippen molar-refractivity contribution in [3.05, 3.63) is 26.7 Å². The second kappa shape index (κ2) is 9.74. The molecule has 1 aromatic rings. The zero-order valence-corrected chi connectivity index (χ0v) is 15.2. The van der Waals surface area contributed by atoms with Crippen LogP contribution in [0.1, 0.15) is 10.4 Å². The van der Waals surface area contributed by atoms with E-state index in [1.54, 1.807) is 0 Å². The third kappa shape index (κ3) is 6.20. The molecule has 0 aliphatic rings. The fourth-order valence-corrected chi connectivity index (χ4v) is 2.35. The van der Waals surface area contributed by atoms with Crippen LogP contribution in [0.2, 0.25) is 15.1 Å². The van der Waals surface area contributed by atoms with Crippen LogP contribution in [0.4, 0.5) is 0 Å². The summed E-state index contributed by atoms with van der Waals surface area (Å²) < 4.78 is 9.93. The first-order chi connectivity index (χ1) is 9.34. The minimum absolute atomic E-state index is 0. The quantitative estimate of drug-likeness (QED) is 0.441. The fraction of sp³-hybridized carbons (Fsp3) is 0.273. The summed E-state index contributed by atoms with van der Waals surface area (Å²) in [5.74, 6) is -2.15. The smallest absolute Gasteiger partial charge is 0.548 e. The minimum atomic E-state index is -1.34. The summed E-state index contributed by atoms with van der Waals surface area (Å²) in [7, 11) is 0. The molecule has 0 spiro atoms. The fourth-order valence-electron chi connectivity index (χ4n) is 1.29. The van der Waals surface area contributed by atoms with Crippen LogP contribution in [-0.4, -0.2) is 31.7 Å². The Balaban J connectivity index is 0.00000400. The Labute approximate surface area is 157 Å². The number of hydrogen-bond acceptors (Lipinski definition) is 5. The second-order valence-electron chi connectivity index (χ2n) is 3.50. The summed E-state index contributed by atoms with van der Waals surface area (Å²) in [5, 5.41) is 10.1. The Hall–Kier alpha value is -0.210. The van der Waals surface area contributed by atoms with E-state index in [-0.39, 0.29) is 69.2 Å². The van der Waals surface area contributed by atoms with Gasteiger partial charge in [-0.1, -0.05) is 34.8 Å². The number of nitrogens with two attached hydrogens (primary N) is 1. The van der Waals surface area contributed by atoms with Crippen molar-refractivity contribution in [1.82, 2.24) is 0 Å². The predicted molar refractivity (Wildman–Crippen MR) is 71.3 cm³/mol. The van der Waals surface area contributed by atoms with Crippen LogP contribution in [0.3, 0.4) is 0 Å². The summed E-state index contributed by atoms with van der Waals surface area (Å²) in [4.78, 5) is 21.3. The molecule has 0 heterocycles. The molecule has 110 valence electrons. The number of aliphatic carboxylic acids is 1. The summed E-state index contributed by atoms with van der Waals surface area (Å²) in [6.07, 6.45) is 0. The van der Waals surface area contributed by atoms with Crippen molar-refractivity contribution >= 4 is 46.7 Å². The van der Waals surface area contributed by atoms with Gasteiger partial charge in [0.15, 0.2) is 5.75 Å². The number of carboxylic acids is 1. The number of rotatable bonds is 7. The maximum Gasteiger partial charge on any atom is 1.00 e. The monoisotopic (exact) mass is 363 g/mol. The molecule has 21 heavy (non-hydrogen) atoms. The molecule has 1 amide bonds. The molecule has 0 saturated carbocycles. The number of amides is 1. The molecule has 2 N–H and O–H groups in total. The number of carboxylic acid groups (broad SMARTS) is 1. The molecule has 10 heteroatoms. The minimum Gasteiger partial charge on any atom is -0.548 e. The first-order valence-electron chi connectivity index (χ1n) is 5.22. The largest absolute Gasteiger partial charge is 1.00 e. The Morgan fingerprint density at radius 2 is 1.81 bits per heavy atom. The van der Waals surface area contributed by atoms with Crippen molar-refractivity contribution in [3.8, 4) is 5.75 Å². The van der Waals surface area contributed by atoms with E-state index in [1.165, 1.54) is 6.07 Å². The van der Waals surface area contributed by atoms with Crippen molar-refractivity contribution in [2.75, 3.05) is 19.8 Å². The van der Waals surface area contributed by atoms with Crippen LogP contribution < -0.4 is 45.1 Å². The average molecular weight is 365 g/mol. The normalized spacial score (nSPS) is 9.86. The topological polar surface area (TPSA) is 102 Å². The zero-order valence-electron chi connectivity index (χ0n) is 11.0. The van der Waals surface area contributed by atoms with E-state index in [2.05, 4.69) is 0 Å². The second-order valence-corrected chi connectivity index (χ2v) is 4.69. The number of primary amides is 1. The molecular formula is C11H9Cl3NNaO5. The number of carbonyl (C=O) groups excluding carboxylic acids is 2. The molecule has 0 aliphatic heterocycles. The Bertz CT molecular complexity index is 541. The molecule has 1 aromatic carbocycles. The number of carbonyl (C=O) groups is 2. The summed E-state index contributed by atoms with van der Waals surface area (Å²) >= 11 is 17.6. The van der Waals surface area contributed by atoms with Crippen molar-refractivity contribution < 1.29 is 53.7 Å². The van der Waals surface area contributed by atoms with Gasteiger partial charge < -0.3 is 25.1 Å². The molecule has 0 unspecified atom stereocenters. The van der Waals surface area contributed by atoms with E-state index in [0.29, 0.717) is 0 Å². The van der Waals surface area contributed by atoms with Gasteiger partial charge in [0, 0.05) is 0 Å². The molecule has 0 atom stereocenters. The van der Waals surface area contributed by atoms with Crippen LogP contribution in [0.5, 0.6) is 5.75 Å². The van der Waals surface area contributed by atoms with Crippen LogP contribution in [0, 0.1) is 0 Å². The van der Waals surface area contributed by atoms with Gasteiger partial charge >= 0.3 is 29.6 Å². The number of halogens is 3. The zero-order chi connectivity index (χ0) is 15.3. The third-order valence-electron chi connectivity index (χ3n) is 2.07. The van der Waals surface area contributed by atoms with Gasteiger partial charge in [-0.05, 0) is 6.07 Å². The van der Waals surface area contributed by atoms with E-state index in [0.717, 1.165) is 0 Å². The van der Waals surface area contributed by atoms with Gasteiger partial charge in [0.2, 0.25) is 0 Å². The Kier molecular flexibility index (Phi) is 9.64. The number of benzene rings is 1. The molecule has 1 rings (SSSR count). The Morgan fingerprint density at radius 3 is 2.33 bits per heavy atom. The van der Waals surface area contributed by atoms with Crippen LogP contribution in [0.25, 0.3) is 0 Å². The summed E-state index contributed by atoms with van der Waals surface area (Å²) in [5.41, 5.74) is 5.03. The van der Waals surface area contributed by atoms with Crippen LogP contribution >= 0.6 is 34.8 Å². The van der Waals surface area contributed by atoms with Gasteiger partial charge in [0.05, 0.1) is 39.8 Å². The van der Waals surface area contributed by atoms with Gasteiger partial charge in [0.25, 0.3) is 5.91 Å². The maximum atomic E-state index is 11.2. The third-order valence-corrected chi connectivity index (χ3v) is 3.01. The standard InChI is InChI=1S/C11H10Cl3NO5.Na/c12-5-3-6(13)10(9(14)8(5)11(15)18)20-2-1-19-4-7(16)17;/h3H,1-2,4H2,(H2,15,18)(H,16,17);/q;+1/p-1. The molecular weight excluding hydrogens is 355 g/mol. The summed E-state index contributed by atoms with van der Waals surface area (Å²) in [6.45, 7) is -0.625. The van der Waals surface area contributed by atoms with Crippen molar-refractivity contribution in [2.24, 2.45) is 5.73 Å². The van der Waals surface area contributed by atoms with E-state index in [4.69, 9.17) is 50.0 Å². The molecule has 0 aliphatic carbocycles. The predicted octanol–water partition coefficient (Wildman–Crippen LogP) is -2.10. The average Bonchev–Trinajstić information content (AvgIpc) is 2.30. The summed E-state index contributed by atoms with van der Waals surface area (Å²) in [6, 6.07) is 1.27. The molecule has 0 radical (unpaired) electrons. The van der Waals surface area contributed by atoms with Gasteiger partial charge in [0.1, 0.15) is 6.61 Å². The molecule has 0 bridgehead atoms. The van der Waals surface area contributed by atoms with E-state index in [1.807, 2.05) is 0 Å². The van der Waals surface area contributed by atoms with Crippen LogP contribution in [-0.2, 0) is 9.53 Å². The van der Waals surface area contributed by atoms with E-state index < -0.39 is 18.5 Å². The maximum absolute atomic E-state index is 11.2.